The van der Waals surface area contributed by atoms with E-state index in [2.05, 4.69) is 58.9 Å². The number of benzene rings is 4. The molecule has 0 spiro atoms. The molecule has 2 aromatic heterocycles. The van der Waals surface area contributed by atoms with Crippen molar-refractivity contribution in [2.24, 2.45) is 0 Å². The number of aryl methyl sites for hydroxylation is 1. The molecular weight excluding hydrogens is 484 g/mol. The van der Waals surface area contributed by atoms with Crippen LogP contribution in [-0.4, -0.2) is 11.3 Å². The number of fused-ring (bicyclic) bond motifs is 6. The van der Waals surface area contributed by atoms with E-state index in [1.807, 2.05) is 36.4 Å². The molecule has 0 fully saturated rings. The topological polar surface area (TPSA) is 47.6 Å². The highest BCUT2D eigenvalue weighted by Crippen LogP contribution is 2.42. The Morgan fingerprint density at radius 1 is 0.865 bits per heavy atom. The highest BCUT2D eigenvalue weighted by Gasteiger charge is 2.26. The molecule has 3 heterocycles. The van der Waals surface area contributed by atoms with Gasteiger partial charge in [0.05, 0.1) is 17.1 Å². The SMILES string of the molecule is CCn1c2ccccc2c2cc(N3COc4c(Cl)cc5c(-c6ccccc6)cc(=O)oc5c4C3)ccc21. The molecule has 37 heavy (non-hydrogen) atoms. The third-order valence-corrected chi connectivity index (χ3v) is 7.55. The van der Waals surface area contributed by atoms with Crippen LogP contribution in [0.4, 0.5) is 5.69 Å². The van der Waals surface area contributed by atoms with Crippen molar-refractivity contribution in [2.75, 3.05) is 11.6 Å². The van der Waals surface area contributed by atoms with Gasteiger partial charge in [0.25, 0.3) is 0 Å². The largest absolute Gasteiger partial charge is 0.471 e. The van der Waals surface area contributed by atoms with Gasteiger partial charge in [-0.1, -0.05) is 60.1 Å². The van der Waals surface area contributed by atoms with E-state index in [9.17, 15) is 4.79 Å². The van der Waals surface area contributed by atoms with E-state index in [1.165, 1.54) is 27.9 Å². The molecule has 0 radical (unpaired) electrons. The summed E-state index contributed by atoms with van der Waals surface area (Å²) in [6, 6.07) is 28.2. The van der Waals surface area contributed by atoms with Gasteiger partial charge >= 0.3 is 5.63 Å². The molecule has 0 amide bonds. The summed E-state index contributed by atoms with van der Waals surface area (Å²) in [7, 11) is 0. The molecule has 0 unspecified atom stereocenters. The number of para-hydroxylation sites is 1. The Balaban J connectivity index is 1.38. The number of hydrogen-bond acceptors (Lipinski definition) is 4. The van der Waals surface area contributed by atoms with Gasteiger partial charge in [-0.3, -0.25) is 0 Å². The fraction of sp³-hybridized carbons (Fsp3) is 0.129. The first-order valence-electron chi connectivity index (χ1n) is 12.4. The second kappa shape index (κ2) is 8.43. The average Bonchev–Trinajstić information content (AvgIpc) is 3.26. The fourth-order valence-electron chi connectivity index (χ4n) is 5.59. The molecule has 0 saturated heterocycles. The minimum atomic E-state index is -0.401. The van der Waals surface area contributed by atoms with Gasteiger partial charge in [-0.25, -0.2) is 4.79 Å². The van der Waals surface area contributed by atoms with Gasteiger partial charge in [0.15, 0.2) is 6.73 Å². The van der Waals surface area contributed by atoms with Gasteiger partial charge in [-0.05, 0) is 48.4 Å². The van der Waals surface area contributed by atoms with Gasteiger partial charge in [0, 0.05) is 45.5 Å². The van der Waals surface area contributed by atoms with Crippen LogP contribution in [0.1, 0.15) is 12.5 Å². The Labute approximate surface area is 218 Å². The van der Waals surface area contributed by atoms with E-state index in [0.717, 1.165) is 34.3 Å². The normalized spacial score (nSPS) is 13.3. The van der Waals surface area contributed by atoms with Crippen LogP contribution in [0, 0.1) is 0 Å². The molecule has 182 valence electrons. The standard InChI is InChI=1S/C31H23ClN2O3/c1-2-34-27-11-7-6-10-21(27)23-14-20(12-13-28(23)34)33-17-25-30-24(15-26(32)31(25)36-18-33)22(16-29(35)37-30)19-8-4-3-5-9-19/h3-16H,2,17-18H2,1H3. The van der Waals surface area contributed by atoms with E-state index >= 15 is 0 Å². The van der Waals surface area contributed by atoms with E-state index in [1.54, 1.807) is 0 Å². The van der Waals surface area contributed by atoms with E-state index < -0.39 is 5.63 Å². The van der Waals surface area contributed by atoms with Crippen LogP contribution in [0.5, 0.6) is 5.75 Å². The maximum absolute atomic E-state index is 12.6. The molecule has 5 nitrogen and oxygen atoms in total. The molecule has 7 rings (SSSR count). The van der Waals surface area contributed by atoms with Crippen LogP contribution in [0.25, 0.3) is 43.9 Å². The second-order valence-corrected chi connectivity index (χ2v) is 9.73. The third-order valence-electron chi connectivity index (χ3n) is 7.27. The third kappa shape index (κ3) is 3.42. The summed E-state index contributed by atoms with van der Waals surface area (Å²) in [5, 5.41) is 3.73. The van der Waals surface area contributed by atoms with Crippen molar-refractivity contribution < 1.29 is 9.15 Å². The van der Waals surface area contributed by atoms with Crippen LogP contribution >= 0.6 is 11.6 Å². The Hall–Kier alpha value is -4.22. The van der Waals surface area contributed by atoms with Gasteiger partial charge in [-0.15, -0.1) is 0 Å². The monoisotopic (exact) mass is 506 g/mol. The summed E-state index contributed by atoms with van der Waals surface area (Å²) < 4.78 is 14.3. The molecule has 6 aromatic rings. The number of hydrogen-bond donors (Lipinski definition) is 0. The molecule has 0 atom stereocenters. The van der Waals surface area contributed by atoms with Crippen LogP contribution in [0.2, 0.25) is 5.02 Å². The van der Waals surface area contributed by atoms with E-state index in [-0.39, 0.29) is 0 Å². The molecule has 0 saturated carbocycles. The zero-order chi connectivity index (χ0) is 25.1. The van der Waals surface area contributed by atoms with Gasteiger partial charge in [-0.2, -0.15) is 0 Å². The second-order valence-electron chi connectivity index (χ2n) is 9.32. The Kier molecular flexibility index (Phi) is 5.01. The Morgan fingerprint density at radius 3 is 2.49 bits per heavy atom. The number of rotatable bonds is 3. The molecule has 0 aliphatic carbocycles. The van der Waals surface area contributed by atoms with E-state index in [4.69, 9.17) is 20.8 Å². The number of aromatic nitrogens is 1. The maximum atomic E-state index is 12.6. The minimum absolute atomic E-state index is 0.346. The predicted octanol–water partition coefficient (Wildman–Crippen LogP) is 7.60. The predicted molar refractivity (Wildman–Crippen MR) is 150 cm³/mol. The average molecular weight is 507 g/mol. The molecule has 0 N–H and O–H groups in total. The summed E-state index contributed by atoms with van der Waals surface area (Å²) in [6.07, 6.45) is 0. The number of halogens is 1. The minimum Gasteiger partial charge on any atom is -0.471 e. The van der Waals surface area contributed by atoms with Gasteiger partial charge < -0.3 is 18.6 Å². The lowest BCUT2D eigenvalue weighted by Crippen LogP contribution is -2.32. The summed E-state index contributed by atoms with van der Waals surface area (Å²) >= 11 is 6.71. The van der Waals surface area contributed by atoms with Crippen LogP contribution in [0.3, 0.4) is 0 Å². The van der Waals surface area contributed by atoms with Crippen molar-refractivity contribution in [3.05, 3.63) is 106 Å². The van der Waals surface area contributed by atoms with Gasteiger partial charge in [0.2, 0.25) is 0 Å². The van der Waals surface area contributed by atoms with Crippen LogP contribution in [0.15, 0.2) is 94.1 Å². The van der Waals surface area contributed by atoms with Crippen molar-refractivity contribution in [1.29, 1.82) is 0 Å². The molecule has 6 heteroatoms. The number of nitrogens with zero attached hydrogens (tertiary/aromatic N) is 2. The molecule has 1 aliphatic rings. The first kappa shape index (κ1) is 22.0. The van der Waals surface area contributed by atoms with Crippen LogP contribution in [-0.2, 0) is 13.1 Å². The number of anilines is 1. The van der Waals surface area contributed by atoms with Crippen molar-refractivity contribution in [2.45, 2.75) is 20.0 Å². The fourth-order valence-corrected chi connectivity index (χ4v) is 5.87. The lowest BCUT2D eigenvalue weighted by Gasteiger charge is -2.31. The first-order chi connectivity index (χ1) is 18.1. The summed E-state index contributed by atoms with van der Waals surface area (Å²) in [5.41, 5.74) is 6.08. The van der Waals surface area contributed by atoms with E-state index in [0.29, 0.717) is 29.6 Å². The van der Waals surface area contributed by atoms with Crippen molar-refractivity contribution >= 4 is 50.1 Å². The molecular formula is C31H23ClN2O3. The highest BCUT2D eigenvalue weighted by atomic mass is 35.5. The lowest BCUT2D eigenvalue weighted by atomic mass is 9.99. The van der Waals surface area contributed by atoms with Gasteiger partial charge in [0.1, 0.15) is 11.3 Å². The molecule has 0 bridgehead atoms. The zero-order valence-corrected chi connectivity index (χ0v) is 21.0. The Bertz CT molecular complexity index is 1890. The van der Waals surface area contributed by atoms with Crippen molar-refractivity contribution in [3.8, 4) is 16.9 Å². The number of ether oxygens (including phenoxy) is 1. The summed E-state index contributed by atoms with van der Waals surface area (Å²) in [4.78, 5) is 14.8. The Morgan fingerprint density at radius 2 is 1.65 bits per heavy atom. The first-order valence-corrected chi connectivity index (χ1v) is 12.7. The van der Waals surface area contributed by atoms with Crippen LogP contribution < -0.4 is 15.3 Å². The summed E-state index contributed by atoms with van der Waals surface area (Å²) in [6.45, 7) is 3.92. The maximum Gasteiger partial charge on any atom is 0.336 e. The molecule has 4 aromatic carbocycles. The van der Waals surface area contributed by atoms with Crippen molar-refractivity contribution in [3.63, 3.8) is 0 Å². The highest BCUT2D eigenvalue weighted by molar-refractivity contribution is 6.33. The summed E-state index contributed by atoms with van der Waals surface area (Å²) in [5.74, 6) is 0.572. The molecule has 1 aliphatic heterocycles. The quantitative estimate of drug-likeness (QED) is 0.232. The van der Waals surface area contributed by atoms with Crippen molar-refractivity contribution in [1.82, 2.24) is 4.57 Å². The zero-order valence-electron chi connectivity index (χ0n) is 20.2. The lowest BCUT2D eigenvalue weighted by molar-refractivity contribution is 0.289. The smallest absolute Gasteiger partial charge is 0.336 e.